The van der Waals surface area contributed by atoms with Crippen molar-refractivity contribution < 1.29 is 4.21 Å². The lowest BCUT2D eigenvalue weighted by atomic mass is 10.1. The Labute approximate surface area is 124 Å². The minimum Gasteiger partial charge on any atom is -0.399 e. The fraction of sp³-hybridized carbons (Fsp3) is 0.200. The Bertz CT molecular complexity index is 640. The second kappa shape index (κ2) is 5.88. The van der Waals surface area contributed by atoms with Crippen LogP contribution in [0.15, 0.2) is 45.8 Å². The number of halogens is 1. The molecule has 0 aliphatic rings. The molecule has 2 nitrogen and oxygen atoms in total. The van der Waals surface area contributed by atoms with Crippen LogP contribution in [-0.2, 0) is 16.6 Å². The number of hydrogen-bond acceptors (Lipinski definition) is 2. The van der Waals surface area contributed by atoms with Gasteiger partial charge in [-0.25, -0.2) is 0 Å². The van der Waals surface area contributed by atoms with Crippen molar-refractivity contribution in [1.82, 2.24) is 0 Å². The van der Waals surface area contributed by atoms with Crippen LogP contribution in [0.3, 0.4) is 0 Å². The number of hydrogen-bond donors (Lipinski definition) is 1. The van der Waals surface area contributed by atoms with Gasteiger partial charge in [-0.1, -0.05) is 18.2 Å². The maximum Gasteiger partial charge on any atom is 0.0585 e. The van der Waals surface area contributed by atoms with E-state index < -0.39 is 10.8 Å². The molecule has 0 aromatic heterocycles. The summed E-state index contributed by atoms with van der Waals surface area (Å²) in [5, 5.41) is 0. The lowest BCUT2D eigenvalue weighted by Crippen LogP contribution is -1.99. The molecule has 0 saturated heterocycles. The SMILES string of the molecule is Cc1ccc(CS(=O)c2ccc(N)cc2Br)cc1C. The smallest absolute Gasteiger partial charge is 0.0585 e. The monoisotopic (exact) mass is 337 g/mol. The maximum atomic E-state index is 12.4. The molecule has 0 radical (unpaired) electrons. The third-order valence-corrected chi connectivity index (χ3v) is 5.43. The van der Waals surface area contributed by atoms with Gasteiger partial charge in [0.1, 0.15) is 0 Å². The molecule has 0 heterocycles. The van der Waals surface area contributed by atoms with E-state index in [9.17, 15) is 4.21 Å². The Morgan fingerprint density at radius 1 is 1.11 bits per heavy atom. The van der Waals surface area contributed by atoms with Crippen molar-refractivity contribution in [1.29, 1.82) is 0 Å². The molecule has 0 aliphatic carbocycles. The molecule has 0 aliphatic heterocycles. The van der Waals surface area contributed by atoms with E-state index in [1.165, 1.54) is 11.1 Å². The van der Waals surface area contributed by atoms with Crippen LogP contribution in [0.5, 0.6) is 0 Å². The number of nitrogen functional groups attached to an aromatic ring is 1. The molecule has 2 aromatic carbocycles. The summed E-state index contributed by atoms with van der Waals surface area (Å²) < 4.78 is 13.2. The van der Waals surface area contributed by atoms with Gasteiger partial charge in [0.15, 0.2) is 0 Å². The van der Waals surface area contributed by atoms with Gasteiger partial charge in [0, 0.05) is 10.2 Å². The molecule has 4 heteroatoms. The molecule has 0 fully saturated rings. The summed E-state index contributed by atoms with van der Waals surface area (Å²) in [7, 11) is -1.07. The zero-order chi connectivity index (χ0) is 14.0. The Morgan fingerprint density at radius 3 is 2.47 bits per heavy atom. The van der Waals surface area contributed by atoms with Crippen LogP contribution < -0.4 is 5.73 Å². The van der Waals surface area contributed by atoms with Crippen LogP contribution in [0, 0.1) is 13.8 Å². The van der Waals surface area contributed by atoms with Gasteiger partial charge in [-0.3, -0.25) is 4.21 Å². The van der Waals surface area contributed by atoms with Crippen molar-refractivity contribution in [2.75, 3.05) is 5.73 Å². The largest absolute Gasteiger partial charge is 0.399 e. The lowest BCUT2D eigenvalue weighted by Gasteiger charge is -2.08. The molecule has 2 N–H and O–H groups in total. The Morgan fingerprint density at radius 2 is 1.84 bits per heavy atom. The second-order valence-electron chi connectivity index (χ2n) is 4.60. The molecule has 0 bridgehead atoms. The van der Waals surface area contributed by atoms with Gasteiger partial charge in [0.05, 0.1) is 21.4 Å². The van der Waals surface area contributed by atoms with Crippen molar-refractivity contribution in [2.45, 2.75) is 24.5 Å². The third-order valence-electron chi connectivity index (χ3n) is 3.07. The van der Waals surface area contributed by atoms with Crippen molar-refractivity contribution in [3.8, 4) is 0 Å². The summed E-state index contributed by atoms with van der Waals surface area (Å²) >= 11 is 3.41. The first-order valence-corrected chi connectivity index (χ1v) is 8.08. The molecule has 100 valence electrons. The standard InChI is InChI=1S/C15H16BrNOS/c1-10-3-4-12(7-11(10)2)9-19(18)15-6-5-13(17)8-14(15)16/h3-8H,9,17H2,1-2H3. The first-order chi connectivity index (χ1) is 8.97. The van der Waals surface area contributed by atoms with Gasteiger partial charge in [0.2, 0.25) is 0 Å². The summed E-state index contributed by atoms with van der Waals surface area (Å²) in [4.78, 5) is 0.785. The van der Waals surface area contributed by atoms with Crippen molar-refractivity contribution >= 4 is 32.4 Å². The van der Waals surface area contributed by atoms with Crippen molar-refractivity contribution in [3.05, 3.63) is 57.6 Å². The average Bonchev–Trinajstić information content (AvgIpc) is 2.33. The van der Waals surface area contributed by atoms with Gasteiger partial charge < -0.3 is 5.73 Å². The minimum absolute atomic E-state index is 0.517. The lowest BCUT2D eigenvalue weighted by molar-refractivity contribution is 0.682. The molecule has 19 heavy (non-hydrogen) atoms. The summed E-state index contributed by atoms with van der Waals surface area (Å²) in [6, 6.07) is 11.6. The second-order valence-corrected chi connectivity index (χ2v) is 6.87. The van der Waals surface area contributed by atoms with E-state index in [0.717, 1.165) is 14.9 Å². The molecule has 1 atom stereocenters. The first-order valence-electron chi connectivity index (χ1n) is 5.97. The molecular weight excluding hydrogens is 322 g/mol. The van der Waals surface area contributed by atoms with E-state index in [1.54, 1.807) is 12.1 Å². The minimum atomic E-state index is -1.07. The quantitative estimate of drug-likeness (QED) is 0.861. The first kappa shape index (κ1) is 14.3. The van der Waals surface area contributed by atoms with Crippen LogP contribution in [0.25, 0.3) is 0 Å². The van der Waals surface area contributed by atoms with Crippen LogP contribution in [0.2, 0.25) is 0 Å². The highest BCUT2D eigenvalue weighted by atomic mass is 79.9. The fourth-order valence-electron chi connectivity index (χ4n) is 1.82. The molecule has 0 amide bonds. The van der Waals surface area contributed by atoms with E-state index >= 15 is 0 Å². The number of nitrogens with two attached hydrogens (primary N) is 1. The third kappa shape index (κ3) is 3.45. The average molecular weight is 338 g/mol. The van der Waals surface area contributed by atoms with Crippen LogP contribution >= 0.6 is 15.9 Å². The molecule has 0 spiro atoms. The highest BCUT2D eigenvalue weighted by molar-refractivity contribution is 9.10. The zero-order valence-electron chi connectivity index (χ0n) is 10.9. The summed E-state index contributed by atoms with van der Waals surface area (Å²) in [5.74, 6) is 0.517. The predicted octanol–water partition coefficient (Wildman–Crippen LogP) is 3.96. The molecule has 1 unspecified atom stereocenters. The highest BCUT2D eigenvalue weighted by Crippen LogP contribution is 2.25. The molecule has 2 aromatic rings. The summed E-state index contributed by atoms with van der Waals surface area (Å²) in [6.07, 6.45) is 0. The van der Waals surface area contributed by atoms with Gasteiger partial charge in [-0.05, 0) is 64.7 Å². The topological polar surface area (TPSA) is 43.1 Å². The number of anilines is 1. The number of rotatable bonds is 3. The van der Waals surface area contributed by atoms with Gasteiger partial charge in [-0.15, -0.1) is 0 Å². The van der Waals surface area contributed by atoms with Gasteiger partial charge in [-0.2, -0.15) is 0 Å². The van der Waals surface area contributed by atoms with E-state index in [1.807, 2.05) is 12.1 Å². The number of aryl methyl sites for hydroxylation is 2. The van der Waals surface area contributed by atoms with Crippen molar-refractivity contribution in [2.24, 2.45) is 0 Å². The molecule has 2 rings (SSSR count). The maximum absolute atomic E-state index is 12.4. The van der Waals surface area contributed by atoms with E-state index in [4.69, 9.17) is 5.73 Å². The van der Waals surface area contributed by atoms with Crippen LogP contribution in [0.1, 0.15) is 16.7 Å². The van der Waals surface area contributed by atoms with Gasteiger partial charge in [0.25, 0.3) is 0 Å². The highest BCUT2D eigenvalue weighted by Gasteiger charge is 2.10. The Kier molecular flexibility index (Phi) is 4.42. The van der Waals surface area contributed by atoms with Crippen molar-refractivity contribution in [3.63, 3.8) is 0 Å². The van der Waals surface area contributed by atoms with E-state index in [2.05, 4.69) is 41.9 Å². The fourth-order valence-corrected chi connectivity index (χ4v) is 3.90. The predicted molar refractivity (Wildman–Crippen MR) is 84.6 cm³/mol. The summed E-state index contributed by atoms with van der Waals surface area (Å²) in [5.41, 5.74) is 9.92. The van der Waals surface area contributed by atoms with E-state index in [0.29, 0.717) is 11.4 Å². The normalized spacial score (nSPS) is 12.4. The molecular formula is C15H16BrNOS. The molecule has 0 saturated carbocycles. The Hall–Kier alpha value is -1.13. The number of benzene rings is 2. The summed E-state index contributed by atoms with van der Waals surface area (Å²) in [6.45, 7) is 4.15. The van der Waals surface area contributed by atoms with Crippen LogP contribution in [-0.4, -0.2) is 4.21 Å². The van der Waals surface area contributed by atoms with Gasteiger partial charge >= 0.3 is 0 Å². The zero-order valence-corrected chi connectivity index (χ0v) is 13.3. The Balaban J connectivity index is 2.23. The van der Waals surface area contributed by atoms with E-state index in [-0.39, 0.29) is 0 Å². The van der Waals surface area contributed by atoms with Crippen LogP contribution in [0.4, 0.5) is 5.69 Å².